The number of ether oxygens (including phenoxy) is 1. The molecule has 0 spiro atoms. The van der Waals surface area contributed by atoms with E-state index in [1.165, 1.54) is 10.5 Å². The van der Waals surface area contributed by atoms with Crippen LogP contribution in [0.15, 0.2) is 48.5 Å². The molecule has 1 aliphatic heterocycles. The molecular weight excluding hydrogens is 414 g/mol. The summed E-state index contributed by atoms with van der Waals surface area (Å²) in [5, 5.41) is 4.12. The van der Waals surface area contributed by atoms with Crippen LogP contribution in [0.3, 0.4) is 0 Å². The lowest BCUT2D eigenvalue weighted by molar-refractivity contribution is -0.135. The van der Waals surface area contributed by atoms with E-state index in [2.05, 4.69) is 29.6 Å². The first-order valence-corrected chi connectivity index (χ1v) is 10.9. The van der Waals surface area contributed by atoms with E-state index in [1.807, 2.05) is 45.0 Å². The minimum atomic E-state index is -0.561. The van der Waals surface area contributed by atoms with Gasteiger partial charge in [-0.3, -0.25) is 9.69 Å². The zero-order valence-corrected chi connectivity index (χ0v) is 19.1. The summed E-state index contributed by atoms with van der Waals surface area (Å²) in [4.78, 5) is 27.8. The van der Waals surface area contributed by atoms with Gasteiger partial charge in [0.15, 0.2) is 0 Å². The molecule has 1 heterocycles. The lowest BCUT2D eigenvalue weighted by Gasteiger charge is -2.35. The standard InChI is InChI=1S/C24H30ClN3O3/c1-24(2,3)31-23(30)28-15-14-27(22(29)17-28)13-12-26-16-18-4-6-19(7-5-18)20-8-10-21(25)11-9-20/h4-11,26H,12-17H2,1-3H3. The number of nitrogens with one attached hydrogen (secondary N) is 1. The third-order valence-electron chi connectivity index (χ3n) is 4.99. The van der Waals surface area contributed by atoms with Gasteiger partial charge in [0.25, 0.3) is 0 Å². The van der Waals surface area contributed by atoms with Gasteiger partial charge in [-0.1, -0.05) is 48.0 Å². The summed E-state index contributed by atoms with van der Waals surface area (Å²) in [5.41, 5.74) is 2.90. The van der Waals surface area contributed by atoms with E-state index in [1.54, 1.807) is 4.90 Å². The monoisotopic (exact) mass is 443 g/mol. The topological polar surface area (TPSA) is 61.9 Å². The molecule has 0 atom stereocenters. The largest absolute Gasteiger partial charge is 0.444 e. The van der Waals surface area contributed by atoms with Gasteiger partial charge in [0.05, 0.1) is 0 Å². The van der Waals surface area contributed by atoms with Crippen LogP contribution in [0.2, 0.25) is 5.02 Å². The number of carbonyl (C=O) groups is 2. The highest BCUT2D eigenvalue weighted by molar-refractivity contribution is 6.30. The second-order valence-electron chi connectivity index (χ2n) is 8.66. The van der Waals surface area contributed by atoms with Crippen LogP contribution in [-0.2, 0) is 16.1 Å². The van der Waals surface area contributed by atoms with Crippen LogP contribution in [0.1, 0.15) is 26.3 Å². The third kappa shape index (κ3) is 6.97. The van der Waals surface area contributed by atoms with E-state index < -0.39 is 11.7 Å². The molecule has 31 heavy (non-hydrogen) atoms. The molecule has 0 saturated carbocycles. The van der Waals surface area contributed by atoms with Crippen LogP contribution in [0.4, 0.5) is 4.79 Å². The molecule has 7 heteroatoms. The second-order valence-corrected chi connectivity index (χ2v) is 9.10. The molecule has 0 radical (unpaired) electrons. The number of benzene rings is 2. The Bertz CT molecular complexity index is 892. The second kappa shape index (κ2) is 10.2. The predicted molar refractivity (Wildman–Crippen MR) is 123 cm³/mol. The Morgan fingerprint density at radius 1 is 1.03 bits per heavy atom. The average molecular weight is 444 g/mol. The molecule has 0 aliphatic carbocycles. The number of rotatable bonds is 6. The Morgan fingerprint density at radius 3 is 2.23 bits per heavy atom. The Hall–Kier alpha value is -2.57. The van der Waals surface area contributed by atoms with E-state index in [4.69, 9.17) is 16.3 Å². The van der Waals surface area contributed by atoms with Crippen molar-refractivity contribution in [2.75, 3.05) is 32.7 Å². The maximum atomic E-state index is 12.4. The number of hydrogen-bond donors (Lipinski definition) is 1. The van der Waals surface area contributed by atoms with Crippen LogP contribution < -0.4 is 5.32 Å². The van der Waals surface area contributed by atoms with Crippen LogP contribution in [0.5, 0.6) is 0 Å². The summed E-state index contributed by atoms with van der Waals surface area (Å²) in [6.07, 6.45) is -0.430. The van der Waals surface area contributed by atoms with Crippen molar-refractivity contribution in [2.45, 2.75) is 32.9 Å². The lowest BCUT2D eigenvalue weighted by atomic mass is 10.0. The van der Waals surface area contributed by atoms with Gasteiger partial charge in [-0.25, -0.2) is 4.79 Å². The Labute approximate surface area is 189 Å². The molecule has 2 aromatic rings. The van der Waals surface area contributed by atoms with Crippen LogP contribution >= 0.6 is 11.6 Å². The van der Waals surface area contributed by atoms with E-state index in [-0.39, 0.29) is 12.5 Å². The maximum Gasteiger partial charge on any atom is 0.410 e. The fourth-order valence-corrected chi connectivity index (χ4v) is 3.46. The van der Waals surface area contributed by atoms with Gasteiger partial charge in [-0.05, 0) is 49.6 Å². The van der Waals surface area contributed by atoms with Crippen molar-refractivity contribution in [1.29, 1.82) is 0 Å². The number of amides is 2. The van der Waals surface area contributed by atoms with E-state index in [9.17, 15) is 9.59 Å². The number of nitrogens with zero attached hydrogens (tertiary/aromatic N) is 2. The molecule has 0 unspecified atom stereocenters. The predicted octanol–water partition coefficient (Wildman–Crippen LogP) is 4.18. The highest BCUT2D eigenvalue weighted by Crippen LogP contribution is 2.22. The van der Waals surface area contributed by atoms with Crippen molar-refractivity contribution in [3.05, 3.63) is 59.1 Å². The molecule has 1 fully saturated rings. The highest BCUT2D eigenvalue weighted by atomic mass is 35.5. The summed E-state index contributed by atoms with van der Waals surface area (Å²) in [5.74, 6) is -0.0498. The van der Waals surface area contributed by atoms with E-state index in [0.717, 1.165) is 22.7 Å². The Kier molecular flexibility index (Phi) is 7.57. The summed E-state index contributed by atoms with van der Waals surface area (Å²) in [6.45, 7) is 8.58. The molecule has 0 bridgehead atoms. The van der Waals surface area contributed by atoms with Crippen molar-refractivity contribution in [3.8, 4) is 11.1 Å². The lowest BCUT2D eigenvalue weighted by Crippen LogP contribution is -2.54. The molecule has 2 aromatic carbocycles. The molecule has 166 valence electrons. The molecule has 3 rings (SSSR count). The molecule has 0 aromatic heterocycles. The summed E-state index contributed by atoms with van der Waals surface area (Å²) in [6, 6.07) is 16.2. The van der Waals surface area contributed by atoms with Gasteiger partial charge in [-0.2, -0.15) is 0 Å². The molecule has 1 aliphatic rings. The SMILES string of the molecule is CC(C)(C)OC(=O)N1CCN(CCNCc2ccc(-c3ccc(Cl)cc3)cc2)C(=O)C1. The number of hydrogen-bond acceptors (Lipinski definition) is 4. The van der Waals surface area contributed by atoms with Gasteiger partial charge in [0, 0.05) is 37.7 Å². The van der Waals surface area contributed by atoms with E-state index in [0.29, 0.717) is 26.2 Å². The average Bonchev–Trinajstić information content (AvgIpc) is 2.72. The van der Waals surface area contributed by atoms with Gasteiger partial charge in [0.1, 0.15) is 12.1 Å². The van der Waals surface area contributed by atoms with Crippen LogP contribution in [0, 0.1) is 0 Å². The van der Waals surface area contributed by atoms with Gasteiger partial charge in [-0.15, -0.1) is 0 Å². The van der Waals surface area contributed by atoms with Gasteiger partial charge in [0.2, 0.25) is 5.91 Å². The minimum Gasteiger partial charge on any atom is -0.444 e. The molecule has 1 N–H and O–H groups in total. The van der Waals surface area contributed by atoms with Crippen LogP contribution in [0.25, 0.3) is 11.1 Å². The van der Waals surface area contributed by atoms with Crippen molar-refractivity contribution in [2.24, 2.45) is 0 Å². The normalized spacial score (nSPS) is 14.6. The van der Waals surface area contributed by atoms with Crippen molar-refractivity contribution < 1.29 is 14.3 Å². The zero-order chi connectivity index (χ0) is 22.4. The summed E-state index contributed by atoms with van der Waals surface area (Å²) < 4.78 is 5.35. The third-order valence-corrected chi connectivity index (χ3v) is 5.24. The van der Waals surface area contributed by atoms with E-state index >= 15 is 0 Å². The quantitative estimate of drug-likeness (QED) is 0.680. The van der Waals surface area contributed by atoms with Crippen molar-refractivity contribution in [3.63, 3.8) is 0 Å². The highest BCUT2D eigenvalue weighted by Gasteiger charge is 2.29. The number of carbonyl (C=O) groups excluding carboxylic acids is 2. The zero-order valence-electron chi connectivity index (χ0n) is 18.4. The maximum absolute atomic E-state index is 12.4. The summed E-state index contributed by atoms with van der Waals surface area (Å²) >= 11 is 5.95. The Balaban J connectivity index is 1.39. The fourth-order valence-electron chi connectivity index (χ4n) is 3.33. The minimum absolute atomic E-state index is 0.0498. The number of halogens is 1. The molecule has 1 saturated heterocycles. The summed E-state index contributed by atoms with van der Waals surface area (Å²) in [7, 11) is 0. The first-order valence-electron chi connectivity index (χ1n) is 10.5. The first kappa shape index (κ1) is 23.1. The molecule has 2 amide bonds. The molecular formula is C24H30ClN3O3. The van der Waals surface area contributed by atoms with Crippen molar-refractivity contribution >= 4 is 23.6 Å². The molecule has 6 nitrogen and oxygen atoms in total. The van der Waals surface area contributed by atoms with Gasteiger partial charge < -0.3 is 15.0 Å². The van der Waals surface area contributed by atoms with Crippen LogP contribution in [-0.4, -0.2) is 60.1 Å². The first-order chi connectivity index (χ1) is 14.7. The number of piperazine rings is 1. The van der Waals surface area contributed by atoms with Gasteiger partial charge >= 0.3 is 6.09 Å². The van der Waals surface area contributed by atoms with Crippen molar-refractivity contribution in [1.82, 2.24) is 15.1 Å². The fraction of sp³-hybridized carbons (Fsp3) is 0.417. The smallest absolute Gasteiger partial charge is 0.410 e. The Morgan fingerprint density at radius 2 is 1.65 bits per heavy atom.